The van der Waals surface area contributed by atoms with E-state index in [9.17, 15) is 0 Å². The molecule has 4 nitrogen and oxygen atoms in total. The van der Waals surface area contributed by atoms with Crippen molar-refractivity contribution in [2.75, 3.05) is 13.2 Å². The topological polar surface area (TPSA) is 44.2 Å². The van der Waals surface area contributed by atoms with Crippen LogP contribution in [0.3, 0.4) is 0 Å². The molecule has 1 heterocycles. The Labute approximate surface area is 222 Å². The molecule has 0 saturated carbocycles. The lowest BCUT2D eigenvalue weighted by Gasteiger charge is -2.07. The van der Waals surface area contributed by atoms with Gasteiger partial charge in [-0.25, -0.2) is 0 Å². The third-order valence-electron chi connectivity index (χ3n) is 6.41. The van der Waals surface area contributed by atoms with Gasteiger partial charge in [0.05, 0.1) is 13.2 Å². The van der Waals surface area contributed by atoms with Crippen molar-refractivity contribution in [3.05, 3.63) is 48.5 Å². The van der Waals surface area contributed by atoms with E-state index in [4.69, 9.17) is 9.47 Å². The van der Waals surface area contributed by atoms with E-state index in [1.807, 2.05) is 24.3 Å². The fourth-order valence-electron chi connectivity index (χ4n) is 4.17. The average Bonchev–Trinajstić information content (AvgIpc) is 3.41. The van der Waals surface area contributed by atoms with Crippen molar-refractivity contribution in [1.29, 1.82) is 0 Å². The van der Waals surface area contributed by atoms with Crippen LogP contribution >= 0.6 is 11.3 Å². The molecule has 2 aromatic carbocycles. The zero-order chi connectivity index (χ0) is 25.3. The van der Waals surface area contributed by atoms with Gasteiger partial charge in [0.2, 0.25) is 0 Å². The minimum Gasteiger partial charge on any atom is -0.494 e. The van der Waals surface area contributed by atoms with Crippen molar-refractivity contribution in [2.45, 2.75) is 97.3 Å². The quantitative estimate of drug-likeness (QED) is 0.151. The Bertz CT molecular complexity index is 953. The summed E-state index contributed by atoms with van der Waals surface area (Å²) in [4.78, 5) is 0. The Morgan fingerprint density at radius 3 is 1.25 bits per heavy atom. The maximum absolute atomic E-state index is 5.94. The summed E-state index contributed by atoms with van der Waals surface area (Å²) >= 11 is 1.61. The van der Waals surface area contributed by atoms with Crippen LogP contribution in [0.25, 0.3) is 21.1 Å². The minimum absolute atomic E-state index is 0.783. The molecule has 0 spiro atoms. The zero-order valence-corrected chi connectivity index (χ0v) is 23.2. The molecule has 0 unspecified atom stereocenters. The predicted molar refractivity (Wildman–Crippen MR) is 153 cm³/mol. The van der Waals surface area contributed by atoms with E-state index in [0.717, 1.165) is 58.7 Å². The van der Waals surface area contributed by atoms with E-state index in [-0.39, 0.29) is 0 Å². The first kappa shape index (κ1) is 28.2. The van der Waals surface area contributed by atoms with Crippen molar-refractivity contribution >= 4 is 11.3 Å². The smallest absolute Gasteiger partial charge is 0.148 e. The first-order chi connectivity index (χ1) is 17.8. The van der Waals surface area contributed by atoms with Gasteiger partial charge < -0.3 is 9.47 Å². The van der Waals surface area contributed by atoms with Gasteiger partial charge in [0.1, 0.15) is 21.5 Å². The summed E-state index contributed by atoms with van der Waals surface area (Å²) in [5.41, 5.74) is 2.14. The Hall–Kier alpha value is -2.40. The second-order valence-corrected chi connectivity index (χ2v) is 10.5. The second-order valence-electron chi connectivity index (χ2n) is 9.55. The van der Waals surface area contributed by atoms with Gasteiger partial charge in [0.25, 0.3) is 0 Å². The number of benzene rings is 2. The van der Waals surface area contributed by atoms with E-state index in [2.05, 4.69) is 48.3 Å². The summed E-state index contributed by atoms with van der Waals surface area (Å²) in [5, 5.41) is 10.7. The van der Waals surface area contributed by atoms with Crippen LogP contribution in [-0.2, 0) is 0 Å². The molecule has 0 aliphatic carbocycles. The fraction of sp³-hybridized carbons (Fsp3) is 0.548. The molecule has 0 saturated heterocycles. The van der Waals surface area contributed by atoms with E-state index in [1.165, 1.54) is 70.6 Å². The average molecular weight is 509 g/mol. The predicted octanol–water partition coefficient (Wildman–Crippen LogP) is 9.74. The van der Waals surface area contributed by atoms with Crippen LogP contribution in [0.15, 0.2) is 48.5 Å². The Kier molecular flexibility index (Phi) is 13.4. The molecule has 3 aromatic rings. The molecular weight excluding hydrogens is 464 g/mol. The van der Waals surface area contributed by atoms with Crippen LogP contribution in [0, 0.1) is 0 Å². The lowest BCUT2D eigenvalue weighted by molar-refractivity contribution is 0.304. The molecule has 5 heteroatoms. The highest BCUT2D eigenvalue weighted by molar-refractivity contribution is 7.17. The first-order valence-electron chi connectivity index (χ1n) is 14.1. The van der Waals surface area contributed by atoms with Crippen molar-refractivity contribution in [2.24, 2.45) is 0 Å². The van der Waals surface area contributed by atoms with Crippen LogP contribution < -0.4 is 9.47 Å². The number of unbranched alkanes of at least 4 members (excludes halogenated alkanes) is 11. The summed E-state index contributed by atoms with van der Waals surface area (Å²) < 4.78 is 11.8. The number of ether oxygens (including phenoxy) is 2. The molecule has 0 N–H and O–H groups in total. The Morgan fingerprint density at radius 1 is 0.500 bits per heavy atom. The molecule has 0 fully saturated rings. The van der Waals surface area contributed by atoms with Gasteiger partial charge >= 0.3 is 0 Å². The van der Waals surface area contributed by atoms with Crippen LogP contribution in [-0.4, -0.2) is 23.4 Å². The monoisotopic (exact) mass is 508 g/mol. The van der Waals surface area contributed by atoms with Crippen LogP contribution in [0.1, 0.15) is 97.3 Å². The Morgan fingerprint density at radius 2 is 0.861 bits per heavy atom. The highest BCUT2D eigenvalue weighted by atomic mass is 32.1. The van der Waals surface area contributed by atoms with Gasteiger partial charge in [-0.3, -0.25) is 0 Å². The molecular formula is C31H44N2O2S. The number of aromatic nitrogens is 2. The zero-order valence-electron chi connectivity index (χ0n) is 22.3. The van der Waals surface area contributed by atoms with Gasteiger partial charge in [0, 0.05) is 11.1 Å². The van der Waals surface area contributed by atoms with E-state index in [0.29, 0.717) is 0 Å². The van der Waals surface area contributed by atoms with E-state index < -0.39 is 0 Å². The molecule has 0 aliphatic rings. The third kappa shape index (κ3) is 10.3. The fourth-order valence-corrected chi connectivity index (χ4v) is 5.02. The maximum atomic E-state index is 5.94. The van der Waals surface area contributed by atoms with Crippen LogP contribution in [0.2, 0.25) is 0 Å². The van der Waals surface area contributed by atoms with Gasteiger partial charge in [-0.15, -0.1) is 10.2 Å². The molecule has 0 radical (unpaired) electrons. The number of nitrogens with zero attached hydrogens (tertiary/aromatic N) is 2. The number of hydrogen-bond acceptors (Lipinski definition) is 5. The van der Waals surface area contributed by atoms with Gasteiger partial charge in [-0.2, -0.15) is 0 Å². The third-order valence-corrected chi connectivity index (χ3v) is 7.43. The normalized spacial score (nSPS) is 11.1. The maximum Gasteiger partial charge on any atom is 0.148 e. The van der Waals surface area contributed by atoms with Gasteiger partial charge in [-0.1, -0.05) is 95.8 Å². The van der Waals surface area contributed by atoms with Crippen LogP contribution in [0.5, 0.6) is 11.5 Å². The molecule has 0 aliphatic heterocycles. The van der Waals surface area contributed by atoms with Gasteiger partial charge in [-0.05, 0) is 61.4 Å². The van der Waals surface area contributed by atoms with Gasteiger partial charge in [0.15, 0.2) is 0 Å². The number of rotatable bonds is 19. The van der Waals surface area contributed by atoms with Crippen molar-refractivity contribution < 1.29 is 9.47 Å². The highest BCUT2D eigenvalue weighted by Gasteiger charge is 2.09. The summed E-state index contributed by atoms with van der Waals surface area (Å²) in [5.74, 6) is 1.84. The molecule has 0 bridgehead atoms. The largest absolute Gasteiger partial charge is 0.494 e. The SMILES string of the molecule is CCCCCCCCCCOc1ccc(-c2nnc(-c3ccc(OCCCCCCC)cc3)s2)cc1. The van der Waals surface area contributed by atoms with Crippen molar-refractivity contribution in [1.82, 2.24) is 10.2 Å². The standard InChI is InChI=1S/C31H44N2O2S/c1-3-5-7-9-10-11-13-15-25-35-29-22-18-27(19-23-29)31-33-32-30(36-31)26-16-20-28(21-17-26)34-24-14-12-8-6-4-2/h16-23H,3-15,24-25H2,1-2H3. The molecule has 0 atom stereocenters. The Balaban J connectivity index is 1.38. The first-order valence-corrected chi connectivity index (χ1v) is 14.9. The summed E-state index contributed by atoms with van der Waals surface area (Å²) in [6.45, 7) is 6.08. The lowest BCUT2D eigenvalue weighted by Crippen LogP contribution is -1.97. The highest BCUT2D eigenvalue weighted by Crippen LogP contribution is 2.31. The van der Waals surface area contributed by atoms with Crippen molar-refractivity contribution in [3.8, 4) is 32.6 Å². The molecule has 196 valence electrons. The molecule has 36 heavy (non-hydrogen) atoms. The minimum atomic E-state index is 0.783. The van der Waals surface area contributed by atoms with E-state index in [1.54, 1.807) is 11.3 Å². The summed E-state index contributed by atoms with van der Waals surface area (Å²) in [6, 6.07) is 16.4. The summed E-state index contributed by atoms with van der Waals surface area (Å²) in [6.07, 6.45) is 16.7. The van der Waals surface area contributed by atoms with Crippen molar-refractivity contribution in [3.63, 3.8) is 0 Å². The molecule has 3 rings (SSSR count). The summed E-state index contributed by atoms with van der Waals surface area (Å²) in [7, 11) is 0. The van der Waals surface area contributed by atoms with E-state index >= 15 is 0 Å². The molecule has 1 aromatic heterocycles. The lowest BCUT2D eigenvalue weighted by atomic mass is 10.1. The second kappa shape index (κ2) is 17.1. The van der Waals surface area contributed by atoms with Crippen LogP contribution in [0.4, 0.5) is 0 Å². The molecule has 0 amide bonds. The number of hydrogen-bond donors (Lipinski definition) is 0.